The average molecular weight is 348 g/mol. The van der Waals surface area contributed by atoms with E-state index >= 15 is 0 Å². The first-order chi connectivity index (χ1) is 10.6. The van der Waals surface area contributed by atoms with Crippen LogP contribution in [0, 0.1) is 0 Å². The zero-order chi connectivity index (χ0) is 17.7. The van der Waals surface area contributed by atoms with E-state index in [0.29, 0.717) is 13.0 Å². The summed E-state index contributed by atoms with van der Waals surface area (Å²) >= 11 is 0. The second-order valence-electron chi connectivity index (χ2n) is 6.64. The summed E-state index contributed by atoms with van der Waals surface area (Å²) in [6.07, 6.45) is 2.57. The first kappa shape index (κ1) is 19.9. The van der Waals surface area contributed by atoms with Crippen LogP contribution in [-0.2, 0) is 19.7 Å². The van der Waals surface area contributed by atoms with Gasteiger partial charge < -0.3 is 9.47 Å². The summed E-state index contributed by atoms with van der Waals surface area (Å²) in [6, 6.07) is -0.593. The third kappa shape index (κ3) is 6.48. The third-order valence-electron chi connectivity index (χ3n) is 3.26. The normalized spacial score (nSPS) is 20.1. The van der Waals surface area contributed by atoms with Crippen molar-refractivity contribution < 1.29 is 22.7 Å². The molecule has 0 bridgehead atoms. The molecule has 0 aliphatic carbocycles. The first-order valence-electron chi connectivity index (χ1n) is 7.81. The maximum absolute atomic E-state index is 12.6. The van der Waals surface area contributed by atoms with Crippen molar-refractivity contribution in [3.05, 3.63) is 12.7 Å². The molecule has 1 saturated heterocycles. The predicted molar refractivity (Wildman–Crippen MR) is 88.2 cm³/mol. The summed E-state index contributed by atoms with van der Waals surface area (Å²) in [5.74, 6) is 0. The van der Waals surface area contributed by atoms with E-state index in [1.807, 2.05) is 0 Å². The van der Waals surface area contributed by atoms with Gasteiger partial charge in [0.25, 0.3) is 0 Å². The Hall–Kier alpha value is -1.12. The minimum Gasteiger partial charge on any atom is -0.443 e. The van der Waals surface area contributed by atoms with Crippen molar-refractivity contribution in [1.29, 1.82) is 0 Å². The van der Waals surface area contributed by atoms with E-state index in [-0.39, 0.29) is 12.6 Å². The Labute approximate surface area is 139 Å². The Morgan fingerprint density at radius 2 is 2.17 bits per heavy atom. The largest absolute Gasteiger partial charge is 0.443 e. The van der Waals surface area contributed by atoms with E-state index in [1.54, 1.807) is 33.8 Å². The molecule has 1 fully saturated rings. The van der Waals surface area contributed by atoms with E-state index in [1.165, 1.54) is 0 Å². The van der Waals surface area contributed by atoms with Gasteiger partial charge in [-0.25, -0.2) is 4.79 Å². The molecule has 23 heavy (non-hydrogen) atoms. The highest BCUT2D eigenvalue weighted by atomic mass is 32.2. The molecule has 0 aromatic rings. The minimum absolute atomic E-state index is 0.141. The van der Waals surface area contributed by atoms with Gasteiger partial charge in [0.2, 0.25) is 0 Å². The van der Waals surface area contributed by atoms with E-state index in [9.17, 15) is 13.2 Å². The molecule has 0 aromatic heterocycles. The quantitative estimate of drug-likeness (QED) is 0.713. The summed E-state index contributed by atoms with van der Waals surface area (Å²) in [7, 11) is -4.02. The second-order valence-corrected chi connectivity index (χ2v) is 8.27. The fourth-order valence-corrected chi connectivity index (χ4v) is 3.56. The van der Waals surface area contributed by atoms with Crippen molar-refractivity contribution in [2.45, 2.75) is 64.7 Å². The molecule has 8 heteroatoms. The topological polar surface area (TPSA) is 84.9 Å². The van der Waals surface area contributed by atoms with Gasteiger partial charge in [-0.05, 0) is 47.0 Å². The summed E-state index contributed by atoms with van der Waals surface area (Å²) < 4.78 is 38.9. The fraction of sp³-hybridized carbons (Fsp3) is 0.800. The molecule has 0 saturated carbocycles. The number of carbonyl (C=O) groups excluding carboxylic acids is 1. The lowest BCUT2D eigenvalue weighted by atomic mass is 10.2. The number of nitrogens with zero attached hydrogens (tertiary/aromatic N) is 1. The molecule has 1 rings (SSSR count). The second kappa shape index (κ2) is 8.12. The highest BCUT2D eigenvalue weighted by Crippen LogP contribution is 2.17. The highest BCUT2D eigenvalue weighted by molar-refractivity contribution is 7.87. The van der Waals surface area contributed by atoms with Crippen LogP contribution in [-0.4, -0.2) is 49.7 Å². The standard InChI is InChI=1S/C15H28N2O5S/c1-6-8-12(2)17(14(18)22-15(3,4)5)23(19,20)16-11-13-9-7-10-21-13/h6,12-13,16H,1,7-11H2,2-5H3/t12-,13+/m1/s1. The van der Waals surface area contributed by atoms with Gasteiger partial charge in [-0.1, -0.05) is 6.08 Å². The van der Waals surface area contributed by atoms with E-state index in [4.69, 9.17) is 9.47 Å². The molecule has 0 radical (unpaired) electrons. The van der Waals surface area contributed by atoms with Gasteiger partial charge in [0.15, 0.2) is 0 Å². The number of rotatable bonds is 7. The Balaban J connectivity index is 2.87. The number of hydrogen-bond donors (Lipinski definition) is 1. The van der Waals surface area contributed by atoms with Gasteiger partial charge in [-0.15, -0.1) is 6.58 Å². The molecule has 0 spiro atoms. The van der Waals surface area contributed by atoms with Crippen LogP contribution in [0.2, 0.25) is 0 Å². The molecule has 134 valence electrons. The zero-order valence-corrected chi connectivity index (χ0v) is 15.2. The summed E-state index contributed by atoms with van der Waals surface area (Å²) in [6.45, 7) is 11.1. The number of ether oxygens (including phenoxy) is 2. The van der Waals surface area contributed by atoms with Crippen molar-refractivity contribution >= 4 is 16.3 Å². The van der Waals surface area contributed by atoms with Crippen LogP contribution in [0.4, 0.5) is 4.79 Å². The van der Waals surface area contributed by atoms with Crippen LogP contribution in [0.15, 0.2) is 12.7 Å². The van der Waals surface area contributed by atoms with Crippen molar-refractivity contribution in [2.75, 3.05) is 13.2 Å². The SMILES string of the molecule is C=CC[C@@H](C)N(C(=O)OC(C)(C)C)S(=O)(=O)NC[C@@H]1CCCO1. The number of nitrogens with one attached hydrogen (secondary N) is 1. The molecule has 0 unspecified atom stereocenters. The molecule has 1 aliphatic heterocycles. The molecular formula is C15H28N2O5S. The van der Waals surface area contributed by atoms with Crippen LogP contribution in [0.3, 0.4) is 0 Å². The molecule has 2 atom stereocenters. The number of amides is 1. The lowest BCUT2D eigenvalue weighted by Gasteiger charge is -2.30. The van der Waals surface area contributed by atoms with Crippen LogP contribution in [0.5, 0.6) is 0 Å². The van der Waals surface area contributed by atoms with Crippen LogP contribution in [0.1, 0.15) is 47.0 Å². The van der Waals surface area contributed by atoms with Crippen molar-refractivity contribution in [2.24, 2.45) is 0 Å². The molecular weight excluding hydrogens is 320 g/mol. The Kier molecular flexibility index (Phi) is 7.03. The maximum atomic E-state index is 12.6. The first-order valence-corrected chi connectivity index (χ1v) is 9.25. The Morgan fingerprint density at radius 3 is 2.65 bits per heavy atom. The van der Waals surface area contributed by atoms with Crippen LogP contribution in [0.25, 0.3) is 0 Å². The Bertz CT molecular complexity index is 506. The summed E-state index contributed by atoms with van der Waals surface area (Å²) in [4.78, 5) is 12.3. The van der Waals surface area contributed by atoms with Gasteiger partial charge in [-0.3, -0.25) is 0 Å². The van der Waals surface area contributed by atoms with Crippen molar-refractivity contribution in [1.82, 2.24) is 9.03 Å². The number of carbonyl (C=O) groups is 1. The van der Waals surface area contributed by atoms with E-state index < -0.39 is 27.9 Å². The predicted octanol–water partition coefficient (Wildman–Crippen LogP) is 2.20. The maximum Gasteiger partial charge on any atom is 0.425 e. The lowest BCUT2D eigenvalue weighted by molar-refractivity contribution is 0.0345. The molecule has 7 nitrogen and oxygen atoms in total. The van der Waals surface area contributed by atoms with E-state index in [0.717, 1.165) is 17.1 Å². The van der Waals surface area contributed by atoms with Gasteiger partial charge in [0.05, 0.1) is 12.1 Å². The van der Waals surface area contributed by atoms with Crippen molar-refractivity contribution in [3.8, 4) is 0 Å². The molecule has 1 amide bonds. The zero-order valence-electron chi connectivity index (χ0n) is 14.4. The summed E-state index contributed by atoms with van der Waals surface area (Å²) in [5, 5.41) is 0. The van der Waals surface area contributed by atoms with Gasteiger partial charge in [0.1, 0.15) is 5.60 Å². The Morgan fingerprint density at radius 1 is 1.52 bits per heavy atom. The molecule has 0 aromatic carbocycles. The fourth-order valence-electron chi connectivity index (χ4n) is 2.23. The number of hydrogen-bond acceptors (Lipinski definition) is 5. The molecule has 1 heterocycles. The lowest BCUT2D eigenvalue weighted by Crippen LogP contribution is -2.51. The molecule has 1 N–H and O–H groups in total. The monoisotopic (exact) mass is 348 g/mol. The van der Waals surface area contributed by atoms with Crippen LogP contribution >= 0.6 is 0 Å². The van der Waals surface area contributed by atoms with Gasteiger partial charge in [-0.2, -0.15) is 17.4 Å². The van der Waals surface area contributed by atoms with E-state index in [2.05, 4.69) is 11.3 Å². The van der Waals surface area contributed by atoms with Crippen LogP contribution < -0.4 is 4.72 Å². The minimum atomic E-state index is -4.02. The van der Waals surface area contributed by atoms with Gasteiger partial charge >= 0.3 is 16.3 Å². The smallest absolute Gasteiger partial charge is 0.425 e. The van der Waals surface area contributed by atoms with Crippen molar-refractivity contribution in [3.63, 3.8) is 0 Å². The van der Waals surface area contributed by atoms with Gasteiger partial charge in [0, 0.05) is 13.2 Å². The summed E-state index contributed by atoms with van der Waals surface area (Å²) in [5.41, 5.74) is -0.784. The average Bonchev–Trinajstić information content (AvgIpc) is 2.87. The highest BCUT2D eigenvalue weighted by Gasteiger charge is 2.35. The molecule has 1 aliphatic rings. The third-order valence-corrected chi connectivity index (χ3v) is 4.82.